The summed E-state index contributed by atoms with van der Waals surface area (Å²) in [7, 11) is 0. The predicted octanol–water partition coefficient (Wildman–Crippen LogP) is 4.02. The van der Waals surface area contributed by atoms with Gasteiger partial charge in [0, 0.05) is 11.6 Å². The first kappa shape index (κ1) is 13.8. The molecule has 0 aliphatic heterocycles. The van der Waals surface area contributed by atoms with E-state index in [2.05, 4.69) is 0 Å². The Bertz CT molecular complexity index is 663. The number of hydrogen-bond donors (Lipinski definition) is 1. The average molecular weight is 272 g/mol. The zero-order valence-electron chi connectivity index (χ0n) is 10.8. The molecule has 1 N–H and O–H groups in total. The molecule has 102 valence electrons. The highest BCUT2D eigenvalue weighted by atomic mass is 19.1. The number of carboxylic acids is 1. The van der Waals surface area contributed by atoms with Crippen molar-refractivity contribution in [2.45, 2.75) is 6.92 Å². The topological polar surface area (TPSA) is 46.5 Å². The third-order valence-corrected chi connectivity index (χ3v) is 2.68. The van der Waals surface area contributed by atoms with E-state index >= 15 is 0 Å². The van der Waals surface area contributed by atoms with Gasteiger partial charge in [-0.2, -0.15) is 0 Å². The monoisotopic (exact) mass is 272 g/mol. The highest BCUT2D eigenvalue weighted by Crippen LogP contribution is 2.27. The SMILES string of the molecule is Cc1cc(Oc2ccccc2/C=C/C(=O)O)ccc1F. The lowest BCUT2D eigenvalue weighted by Crippen LogP contribution is -1.91. The Morgan fingerprint density at radius 2 is 2.00 bits per heavy atom. The lowest BCUT2D eigenvalue weighted by atomic mass is 10.2. The van der Waals surface area contributed by atoms with Crippen LogP contribution in [0.1, 0.15) is 11.1 Å². The Labute approximate surface area is 115 Å². The van der Waals surface area contributed by atoms with Crippen LogP contribution in [0.3, 0.4) is 0 Å². The van der Waals surface area contributed by atoms with E-state index in [9.17, 15) is 9.18 Å². The van der Waals surface area contributed by atoms with E-state index in [0.717, 1.165) is 6.08 Å². The van der Waals surface area contributed by atoms with Crippen LogP contribution in [0.25, 0.3) is 6.08 Å². The lowest BCUT2D eigenvalue weighted by molar-refractivity contribution is -0.131. The molecule has 0 heterocycles. The maximum absolute atomic E-state index is 13.2. The Balaban J connectivity index is 2.29. The molecule has 2 rings (SSSR count). The molecule has 0 aromatic heterocycles. The van der Waals surface area contributed by atoms with Gasteiger partial charge in [-0.25, -0.2) is 9.18 Å². The molecule has 0 amide bonds. The molecule has 0 unspecified atom stereocenters. The number of carbonyl (C=O) groups is 1. The molecule has 4 heteroatoms. The second-order valence-electron chi connectivity index (χ2n) is 4.22. The number of para-hydroxylation sites is 1. The molecular weight excluding hydrogens is 259 g/mol. The second-order valence-corrected chi connectivity index (χ2v) is 4.22. The van der Waals surface area contributed by atoms with E-state index in [1.54, 1.807) is 37.3 Å². The maximum Gasteiger partial charge on any atom is 0.328 e. The minimum absolute atomic E-state index is 0.295. The standard InChI is InChI=1S/C16H13FO3/c1-11-10-13(7-8-14(11)17)20-15-5-3-2-4-12(15)6-9-16(18)19/h2-10H,1H3,(H,18,19)/b9-6+. The molecule has 0 spiro atoms. The van der Waals surface area contributed by atoms with Crippen LogP contribution in [0.5, 0.6) is 11.5 Å². The molecule has 0 saturated heterocycles. The van der Waals surface area contributed by atoms with Gasteiger partial charge in [-0.05, 0) is 42.8 Å². The molecule has 0 saturated carbocycles. The highest BCUT2D eigenvalue weighted by Gasteiger charge is 2.04. The summed E-state index contributed by atoms with van der Waals surface area (Å²) >= 11 is 0. The van der Waals surface area contributed by atoms with Gasteiger partial charge in [0.15, 0.2) is 0 Å². The van der Waals surface area contributed by atoms with Crippen molar-refractivity contribution in [2.75, 3.05) is 0 Å². The molecule has 0 radical (unpaired) electrons. The molecule has 0 atom stereocenters. The van der Waals surface area contributed by atoms with Gasteiger partial charge in [0.05, 0.1) is 0 Å². The van der Waals surface area contributed by atoms with Crippen molar-refractivity contribution in [3.05, 3.63) is 65.5 Å². The van der Waals surface area contributed by atoms with Crippen LogP contribution in [0.4, 0.5) is 4.39 Å². The van der Waals surface area contributed by atoms with Gasteiger partial charge in [-0.15, -0.1) is 0 Å². The number of hydrogen-bond acceptors (Lipinski definition) is 2. The van der Waals surface area contributed by atoms with Gasteiger partial charge in [0.1, 0.15) is 17.3 Å². The Morgan fingerprint density at radius 3 is 2.70 bits per heavy atom. The Morgan fingerprint density at radius 1 is 1.25 bits per heavy atom. The molecule has 3 nitrogen and oxygen atoms in total. The minimum atomic E-state index is -1.03. The minimum Gasteiger partial charge on any atom is -0.478 e. The largest absolute Gasteiger partial charge is 0.478 e. The number of aryl methyl sites for hydroxylation is 1. The van der Waals surface area contributed by atoms with E-state index in [1.807, 2.05) is 0 Å². The number of ether oxygens (including phenoxy) is 1. The summed E-state index contributed by atoms with van der Waals surface area (Å²) in [5.41, 5.74) is 1.12. The first-order valence-electron chi connectivity index (χ1n) is 6.00. The third kappa shape index (κ3) is 3.45. The normalized spacial score (nSPS) is 10.7. The number of aliphatic carboxylic acids is 1. The smallest absolute Gasteiger partial charge is 0.328 e. The first-order chi connectivity index (χ1) is 9.56. The Hall–Kier alpha value is -2.62. The predicted molar refractivity (Wildman–Crippen MR) is 74.3 cm³/mol. The average Bonchev–Trinajstić information content (AvgIpc) is 2.42. The van der Waals surface area contributed by atoms with Crippen molar-refractivity contribution < 1.29 is 19.0 Å². The lowest BCUT2D eigenvalue weighted by Gasteiger charge is -2.09. The van der Waals surface area contributed by atoms with Gasteiger partial charge >= 0.3 is 5.97 Å². The molecule has 0 aliphatic rings. The number of halogens is 1. The van der Waals surface area contributed by atoms with E-state index < -0.39 is 5.97 Å². The van der Waals surface area contributed by atoms with E-state index in [1.165, 1.54) is 18.2 Å². The second kappa shape index (κ2) is 6.02. The summed E-state index contributed by atoms with van der Waals surface area (Å²) in [5, 5.41) is 8.65. The molecular formula is C16H13FO3. The van der Waals surface area contributed by atoms with Crippen LogP contribution in [0.2, 0.25) is 0 Å². The highest BCUT2D eigenvalue weighted by molar-refractivity contribution is 5.85. The summed E-state index contributed by atoms with van der Waals surface area (Å²) in [5.74, 6) is -0.315. The van der Waals surface area contributed by atoms with Crippen LogP contribution < -0.4 is 4.74 Å². The maximum atomic E-state index is 13.2. The van der Waals surface area contributed by atoms with Crippen LogP contribution in [-0.2, 0) is 4.79 Å². The van der Waals surface area contributed by atoms with Crippen molar-refractivity contribution in [3.8, 4) is 11.5 Å². The molecule has 0 aliphatic carbocycles. The number of rotatable bonds is 4. The zero-order chi connectivity index (χ0) is 14.5. The molecule has 0 bridgehead atoms. The first-order valence-corrected chi connectivity index (χ1v) is 6.00. The number of benzene rings is 2. The summed E-state index contributed by atoms with van der Waals surface area (Å²) in [6.07, 6.45) is 2.49. The van der Waals surface area contributed by atoms with Gasteiger partial charge in [-0.1, -0.05) is 18.2 Å². The van der Waals surface area contributed by atoms with E-state index in [4.69, 9.17) is 9.84 Å². The molecule has 2 aromatic carbocycles. The van der Waals surface area contributed by atoms with Gasteiger partial charge < -0.3 is 9.84 Å². The molecule has 2 aromatic rings. The fourth-order valence-electron chi connectivity index (χ4n) is 1.68. The van der Waals surface area contributed by atoms with Gasteiger partial charge in [0.25, 0.3) is 0 Å². The fourth-order valence-corrected chi connectivity index (χ4v) is 1.68. The summed E-state index contributed by atoms with van der Waals surface area (Å²) in [6.45, 7) is 1.65. The number of carboxylic acid groups (broad SMARTS) is 1. The van der Waals surface area contributed by atoms with Gasteiger partial charge in [0.2, 0.25) is 0 Å². The summed E-state index contributed by atoms with van der Waals surface area (Å²) < 4.78 is 18.9. The fraction of sp³-hybridized carbons (Fsp3) is 0.0625. The van der Waals surface area contributed by atoms with Crippen LogP contribution in [-0.4, -0.2) is 11.1 Å². The summed E-state index contributed by atoms with van der Waals surface area (Å²) in [4.78, 5) is 10.6. The molecule has 20 heavy (non-hydrogen) atoms. The van der Waals surface area contributed by atoms with Gasteiger partial charge in [-0.3, -0.25) is 0 Å². The molecule has 0 fully saturated rings. The Kier molecular flexibility index (Phi) is 4.15. The van der Waals surface area contributed by atoms with Crippen molar-refractivity contribution in [2.24, 2.45) is 0 Å². The summed E-state index contributed by atoms with van der Waals surface area (Å²) in [6, 6.07) is 11.5. The van der Waals surface area contributed by atoms with Crippen molar-refractivity contribution in [1.82, 2.24) is 0 Å². The van der Waals surface area contributed by atoms with E-state index in [0.29, 0.717) is 22.6 Å². The van der Waals surface area contributed by atoms with Crippen LogP contribution in [0.15, 0.2) is 48.5 Å². The van der Waals surface area contributed by atoms with E-state index in [-0.39, 0.29) is 5.82 Å². The zero-order valence-corrected chi connectivity index (χ0v) is 10.8. The van der Waals surface area contributed by atoms with Crippen molar-refractivity contribution >= 4 is 12.0 Å². The van der Waals surface area contributed by atoms with Crippen molar-refractivity contribution in [1.29, 1.82) is 0 Å². The van der Waals surface area contributed by atoms with Crippen LogP contribution in [0, 0.1) is 12.7 Å². The third-order valence-electron chi connectivity index (χ3n) is 2.68. The van der Waals surface area contributed by atoms with Crippen LogP contribution >= 0.6 is 0 Å². The van der Waals surface area contributed by atoms with Crippen molar-refractivity contribution in [3.63, 3.8) is 0 Å². The quantitative estimate of drug-likeness (QED) is 0.855.